The summed E-state index contributed by atoms with van der Waals surface area (Å²) in [5, 5.41) is 11.2. The zero-order valence-electron chi connectivity index (χ0n) is 14.6. The number of carbonyl (C=O) groups excluding carboxylic acids is 1. The van der Waals surface area contributed by atoms with Crippen molar-refractivity contribution in [3.8, 4) is 5.75 Å². The number of aromatic nitrogens is 2. The maximum Gasteiger partial charge on any atom is 0.258 e. The third kappa shape index (κ3) is 2.52. The van der Waals surface area contributed by atoms with Gasteiger partial charge in [0, 0.05) is 44.4 Å². The minimum atomic E-state index is -0.971. The van der Waals surface area contributed by atoms with Crippen molar-refractivity contribution < 1.29 is 14.6 Å². The Balaban J connectivity index is 1.63. The van der Waals surface area contributed by atoms with E-state index in [9.17, 15) is 9.90 Å². The molecule has 25 heavy (non-hydrogen) atoms. The van der Waals surface area contributed by atoms with E-state index in [-0.39, 0.29) is 18.0 Å². The fourth-order valence-electron chi connectivity index (χ4n) is 4.51. The highest BCUT2D eigenvalue weighted by molar-refractivity contribution is 5.97. The number of hydrogen-bond donors (Lipinski definition) is 1. The van der Waals surface area contributed by atoms with Gasteiger partial charge in [0.05, 0.1) is 12.7 Å². The van der Waals surface area contributed by atoms with Crippen molar-refractivity contribution in [2.45, 2.75) is 43.4 Å². The number of hydrogen-bond acceptors (Lipinski definition) is 4. The van der Waals surface area contributed by atoms with Crippen LogP contribution in [0.15, 0.2) is 36.7 Å². The molecule has 2 aliphatic rings. The van der Waals surface area contributed by atoms with Crippen LogP contribution in [-0.4, -0.2) is 44.7 Å². The quantitative estimate of drug-likeness (QED) is 0.928. The highest BCUT2D eigenvalue weighted by atomic mass is 16.5. The van der Waals surface area contributed by atoms with E-state index in [1.807, 2.05) is 40.9 Å². The van der Waals surface area contributed by atoms with E-state index < -0.39 is 5.60 Å². The number of amides is 1. The molecule has 1 amide bonds. The van der Waals surface area contributed by atoms with E-state index in [0.29, 0.717) is 30.0 Å². The lowest BCUT2D eigenvalue weighted by molar-refractivity contribution is -0.0555. The van der Waals surface area contributed by atoms with E-state index >= 15 is 0 Å². The summed E-state index contributed by atoms with van der Waals surface area (Å²) in [6.07, 6.45) is 6.43. The van der Waals surface area contributed by atoms with Gasteiger partial charge in [0.2, 0.25) is 0 Å². The molecule has 3 heterocycles. The number of rotatable bonds is 3. The van der Waals surface area contributed by atoms with Gasteiger partial charge in [0.15, 0.2) is 0 Å². The van der Waals surface area contributed by atoms with Crippen LogP contribution in [0.4, 0.5) is 0 Å². The highest BCUT2D eigenvalue weighted by Crippen LogP contribution is 2.46. The first kappa shape index (κ1) is 16.1. The van der Waals surface area contributed by atoms with Gasteiger partial charge < -0.3 is 19.3 Å². The zero-order valence-corrected chi connectivity index (χ0v) is 14.6. The molecule has 0 unspecified atom stereocenters. The summed E-state index contributed by atoms with van der Waals surface area (Å²) < 4.78 is 7.23. The third-order valence-corrected chi connectivity index (χ3v) is 5.58. The molecule has 0 saturated carbocycles. The van der Waals surface area contributed by atoms with Crippen molar-refractivity contribution in [1.29, 1.82) is 0 Å². The minimum Gasteiger partial charge on any atom is -0.496 e. The molecule has 4 rings (SSSR count). The SMILES string of the molecule is COc1ccccc1C(=O)N1[C@@H]2CC[C@@H]1CC(O)(c1nccn1C)C2. The second kappa shape index (κ2) is 5.88. The van der Waals surface area contributed by atoms with Gasteiger partial charge in [0.25, 0.3) is 5.91 Å². The normalized spacial score (nSPS) is 28.2. The van der Waals surface area contributed by atoms with Crippen LogP contribution in [0.5, 0.6) is 5.75 Å². The first-order valence-corrected chi connectivity index (χ1v) is 8.69. The van der Waals surface area contributed by atoms with Gasteiger partial charge in [-0.15, -0.1) is 0 Å². The molecule has 6 nitrogen and oxygen atoms in total. The van der Waals surface area contributed by atoms with Crippen LogP contribution in [0.3, 0.4) is 0 Å². The second-order valence-electron chi connectivity index (χ2n) is 7.10. The fourth-order valence-corrected chi connectivity index (χ4v) is 4.51. The van der Waals surface area contributed by atoms with Crippen LogP contribution in [0.1, 0.15) is 41.9 Å². The average molecular weight is 341 g/mol. The second-order valence-corrected chi connectivity index (χ2v) is 7.10. The van der Waals surface area contributed by atoms with E-state index in [0.717, 1.165) is 12.8 Å². The van der Waals surface area contributed by atoms with Gasteiger partial charge in [-0.05, 0) is 25.0 Å². The number of imidazole rings is 1. The number of methoxy groups -OCH3 is 1. The summed E-state index contributed by atoms with van der Waals surface area (Å²) in [5.41, 5.74) is -0.383. The van der Waals surface area contributed by atoms with Gasteiger partial charge in [-0.1, -0.05) is 12.1 Å². The number of ether oxygens (including phenoxy) is 1. The summed E-state index contributed by atoms with van der Waals surface area (Å²) in [6, 6.07) is 7.38. The minimum absolute atomic E-state index is 0.00756. The largest absolute Gasteiger partial charge is 0.496 e. The Bertz CT molecular complexity index is 787. The van der Waals surface area contributed by atoms with Gasteiger partial charge in [-0.25, -0.2) is 4.98 Å². The monoisotopic (exact) mass is 341 g/mol. The van der Waals surface area contributed by atoms with Crippen molar-refractivity contribution in [2.24, 2.45) is 7.05 Å². The molecule has 132 valence electrons. The number of aryl methyl sites for hydroxylation is 1. The van der Waals surface area contributed by atoms with Crippen LogP contribution in [0.25, 0.3) is 0 Å². The van der Waals surface area contributed by atoms with Crippen molar-refractivity contribution in [2.75, 3.05) is 7.11 Å². The number of nitrogens with zero attached hydrogens (tertiary/aromatic N) is 3. The number of aliphatic hydroxyl groups is 1. The smallest absolute Gasteiger partial charge is 0.258 e. The molecule has 2 aliphatic heterocycles. The summed E-state index contributed by atoms with van der Waals surface area (Å²) in [5.74, 6) is 1.28. The fraction of sp³-hybridized carbons (Fsp3) is 0.474. The summed E-state index contributed by atoms with van der Waals surface area (Å²) in [6.45, 7) is 0. The molecule has 2 atom stereocenters. The van der Waals surface area contributed by atoms with Crippen LogP contribution >= 0.6 is 0 Å². The van der Waals surface area contributed by atoms with Crippen molar-refractivity contribution in [3.63, 3.8) is 0 Å². The predicted molar refractivity (Wildman–Crippen MR) is 92.3 cm³/mol. The summed E-state index contributed by atoms with van der Waals surface area (Å²) in [7, 11) is 3.48. The van der Waals surface area contributed by atoms with Crippen LogP contribution in [0, 0.1) is 0 Å². The number of carbonyl (C=O) groups is 1. The van der Waals surface area contributed by atoms with Crippen LogP contribution in [0.2, 0.25) is 0 Å². The lowest BCUT2D eigenvalue weighted by atomic mass is 9.85. The lowest BCUT2D eigenvalue weighted by Crippen LogP contribution is -2.52. The molecule has 6 heteroatoms. The molecule has 2 aromatic rings. The molecule has 1 aromatic heterocycles. The lowest BCUT2D eigenvalue weighted by Gasteiger charge is -2.43. The van der Waals surface area contributed by atoms with Gasteiger partial charge in [0.1, 0.15) is 17.2 Å². The van der Waals surface area contributed by atoms with E-state index in [1.54, 1.807) is 19.4 Å². The van der Waals surface area contributed by atoms with Gasteiger partial charge in [-0.2, -0.15) is 0 Å². The molecule has 2 saturated heterocycles. The molecule has 0 aliphatic carbocycles. The average Bonchev–Trinajstić information content (AvgIpc) is 3.16. The maximum atomic E-state index is 13.1. The van der Waals surface area contributed by atoms with E-state index in [1.165, 1.54) is 0 Å². The van der Waals surface area contributed by atoms with Gasteiger partial charge in [-0.3, -0.25) is 4.79 Å². The molecule has 0 radical (unpaired) electrons. The number of fused-ring (bicyclic) bond motifs is 2. The number of para-hydroxylation sites is 1. The van der Waals surface area contributed by atoms with Crippen molar-refractivity contribution >= 4 is 5.91 Å². The Morgan fingerprint density at radius 2 is 1.96 bits per heavy atom. The summed E-state index contributed by atoms with van der Waals surface area (Å²) in [4.78, 5) is 19.5. The molecule has 2 bridgehead atoms. The molecule has 0 spiro atoms. The molecule has 2 fully saturated rings. The van der Waals surface area contributed by atoms with Crippen molar-refractivity contribution in [1.82, 2.24) is 14.5 Å². The topological polar surface area (TPSA) is 67.6 Å². The third-order valence-electron chi connectivity index (χ3n) is 5.58. The maximum absolute atomic E-state index is 13.1. The Hall–Kier alpha value is -2.34. The Morgan fingerprint density at radius 1 is 1.28 bits per heavy atom. The molecule has 1 N–H and O–H groups in total. The summed E-state index contributed by atoms with van der Waals surface area (Å²) >= 11 is 0. The number of piperidine rings is 1. The predicted octanol–water partition coefficient (Wildman–Crippen LogP) is 2.08. The molecular formula is C19H23N3O3. The van der Waals surface area contributed by atoms with Crippen LogP contribution in [-0.2, 0) is 12.6 Å². The Kier molecular flexibility index (Phi) is 3.80. The first-order valence-electron chi connectivity index (χ1n) is 8.69. The molecular weight excluding hydrogens is 318 g/mol. The zero-order chi connectivity index (χ0) is 17.6. The van der Waals surface area contributed by atoms with Crippen molar-refractivity contribution in [3.05, 3.63) is 48.0 Å². The first-order chi connectivity index (χ1) is 12.0. The standard InChI is InChI=1S/C19H23N3O3/c1-21-10-9-20-18(21)19(24)11-13-7-8-14(12-19)22(13)17(23)15-5-3-4-6-16(15)25-2/h3-6,9-10,13-14,24H,7-8,11-12H2,1-2H3/t13-,14-/m1/s1. The number of benzene rings is 1. The Labute approximate surface area is 147 Å². The molecule has 1 aromatic carbocycles. The van der Waals surface area contributed by atoms with Crippen LogP contribution < -0.4 is 4.74 Å². The Morgan fingerprint density at radius 3 is 2.56 bits per heavy atom. The van der Waals surface area contributed by atoms with E-state index in [2.05, 4.69) is 4.98 Å². The highest BCUT2D eigenvalue weighted by Gasteiger charge is 2.51. The van der Waals surface area contributed by atoms with Gasteiger partial charge >= 0.3 is 0 Å². The van der Waals surface area contributed by atoms with E-state index in [4.69, 9.17) is 4.74 Å².